The van der Waals surface area contributed by atoms with Gasteiger partial charge in [-0.2, -0.15) is 0 Å². The van der Waals surface area contributed by atoms with Crippen LogP contribution in [0.1, 0.15) is 12.0 Å². The minimum Gasteiger partial charge on any atom is -0.207 e. The van der Waals surface area contributed by atoms with Crippen LogP contribution in [0.15, 0.2) is 18.2 Å². The molecule has 0 saturated heterocycles. The third-order valence-corrected chi connectivity index (χ3v) is 2.21. The average molecular weight is 207 g/mol. The van der Waals surface area contributed by atoms with Gasteiger partial charge < -0.3 is 0 Å². The van der Waals surface area contributed by atoms with Crippen LogP contribution in [0.5, 0.6) is 0 Å². The van der Waals surface area contributed by atoms with Gasteiger partial charge in [0.15, 0.2) is 0 Å². The molecule has 0 radical (unpaired) electrons. The molecule has 0 spiro atoms. The van der Waals surface area contributed by atoms with Gasteiger partial charge in [-0.3, -0.25) is 0 Å². The van der Waals surface area contributed by atoms with Gasteiger partial charge in [-0.1, -0.05) is 17.7 Å². The lowest BCUT2D eigenvalue weighted by Gasteiger charge is -2.01. The Bertz CT molecular complexity index is 261. The maximum Gasteiger partial charge on any atom is 0.124 e. The van der Waals surface area contributed by atoms with Crippen LogP contribution in [-0.2, 0) is 6.42 Å². The van der Waals surface area contributed by atoms with Crippen LogP contribution in [0.3, 0.4) is 0 Å². The maximum absolute atomic E-state index is 12.6. The standard InChI is InChI=1S/C9H9Cl2F/c10-5-1-2-7-3-4-8(12)6-9(7)11/h3-4,6H,1-2,5H2. The van der Waals surface area contributed by atoms with Gasteiger partial charge in [-0.15, -0.1) is 11.6 Å². The van der Waals surface area contributed by atoms with E-state index >= 15 is 0 Å². The number of hydrogen-bond acceptors (Lipinski definition) is 0. The molecule has 12 heavy (non-hydrogen) atoms. The van der Waals surface area contributed by atoms with E-state index in [4.69, 9.17) is 23.2 Å². The van der Waals surface area contributed by atoms with Crippen LogP contribution in [0, 0.1) is 5.82 Å². The second kappa shape index (κ2) is 4.68. The first-order valence-corrected chi connectivity index (χ1v) is 4.65. The third kappa shape index (κ3) is 2.65. The fourth-order valence-corrected chi connectivity index (χ4v) is 1.38. The van der Waals surface area contributed by atoms with Crippen LogP contribution in [0.25, 0.3) is 0 Å². The number of hydrogen-bond donors (Lipinski definition) is 0. The Hall–Kier alpha value is -0.270. The Morgan fingerprint density at radius 3 is 2.67 bits per heavy atom. The number of benzene rings is 1. The Labute approximate surface area is 81.3 Å². The molecule has 0 aliphatic rings. The van der Waals surface area contributed by atoms with Crippen molar-refractivity contribution in [1.82, 2.24) is 0 Å². The first-order chi connectivity index (χ1) is 5.74. The van der Waals surface area contributed by atoms with Gasteiger partial charge in [0.05, 0.1) is 0 Å². The number of rotatable bonds is 3. The molecule has 0 bridgehead atoms. The summed E-state index contributed by atoms with van der Waals surface area (Å²) in [5, 5.41) is 0.486. The Balaban J connectivity index is 2.72. The lowest BCUT2D eigenvalue weighted by molar-refractivity contribution is 0.627. The van der Waals surface area contributed by atoms with Crippen LogP contribution in [0.2, 0.25) is 5.02 Å². The predicted octanol–water partition coefficient (Wildman–Crippen LogP) is 3.65. The molecular formula is C9H9Cl2F. The maximum atomic E-state index is 12.6. The number of aryl methyl sites for hydroxylation is 1. The van der Waals surface area contributed by atoms with Crippen molar-refractivity contribution in [3.05, 3.63) is 34.6 Å². The minimum atomic E-state index is -0.297. The molecule has 0 heterocycles. The molecular weight excluding hydrogens is 198 g/mol. The Kier molecular flexibility index (Phi) is 3.83. The fourth-order valence-electron chi connectivity index (χ4n) is 0.982. The summed E-state index contributed by atoms with van der Waals surface area (Å²) in [6, 6.07) is 4.44. The van der Waals surface area contributed by atoms with E-state index < -0.39 is 0 Å². The van der Waals surface area contributed by atoms with E-state index in [2.05, 4.69) is 0 Å². The molecule has 1 aromatic carbocycles. The summed E-state index contributed by atoms with van der Waals surface area (Å²) in [4.78, 5) is 0. The monoisotopic (exact) mass is 206 g/mol. The molecule has 3 heteroatoms. The summed E-state index contributed by atoms with van der Waals surface area (Å²) >= 11 is 11.3. The molecule has 0 fully saturated rings. The highest BCUT2D eigenvalue weighted by Gasteiger charge is 2.00. The van der Waals surface area contributed by atoms with E-state index in [9.17, 15) is 4.39 Å². The molecule has 0 saturated carbocycles. The lowest BCUT2D eigenvalue weighted by atomic mass is 10.1. The summed E-state index contributed by atoms with van der Waals surface area (Å²) in [5.41, 5.74) is 0.957. The zero-order valence-electron chi connectivity index (χ0n) is 6.49. The molecule has 0 amide bonds. The van der Waals surface area contributed by atoms with E-state index in [0.29, 0.717) is 10.9 Å². The summed E-state index contributed by atoms with van der Waals surface area (Å²) in [5.74, 6) is 0.308. The first kappa shape index (κ1) is 9.82. The smallest absolute Gasteiger partial charge is 0.124 e. The van der Waals surface area contributed by atoms with Crippen molar-refractivity contribution in [2.24, 2.45) is 0 Å². The predicted molar refractivity (Wildman–Crippen MR) is 50.5 cm³/mol. The van der Waals surface area contributed by atoms with Crippen LogP contribution in [0.4, 0.5) is 4.39 Å². The quantitative estimate of drug-likeness (QED) is 0.663. The van der Waals surface area contributed by atoms with Gasteiger partial charge in [0.1, 0.15) is 5.82 Å². The van der Waals surface area contributed by atoms with Crippen molar-refractivity contribution >= 4 is 23.2 Å². The fraction of sp³-hybridized carbons (Fsp3) is 0.333. The highest BCUT2D eigenvalue weighted by molar-refractivity contribution is 6.31. The van der Waals surface area contributed by atoms with E-state index in [1.165, 1.54) is 12.1 Å². The van der Waals surface area contributed by atoms with E-state index in [1.54, 1.807) is 6.07 Å². The molecule has 66 valence electrons. The first-order valence-electron chi connectivity index (χ1n) is 3.74. The molecule has 1 aromatic rings. The normalized spacial score (nSPS) is 10.2. The van der Waals surface area contributed by atoms with Crippen LogP contribution < -0.4 is 0 Å². The largest absolute Gasteiger partial charge is 0.207 e. The summed E-state index contributed by atoms with van der Waals surface area (Å²) < 4.78 is 12.6. The molecule has 0 unspecified atom stereocenters. The van der Waals surface area contributed by atoms with Crippen molar-refractivity contribution in [1.29, 1.82) is 0 Å². The third-order valence-electron chi connectivity index (χ3n) is 1.59. The number of halogens is 3. The second-order valence-electron chi connectivity index (χ2n) is 2.53. The zero-order chi connectivity index (χ0) is 8.97. The van der Waals surface area contributed by atoms with Gasteiger partial charge in [0, 0.05) is 10.9 Å². The second-order valence-corrected chi connectivity index (χ2v) is 3.31. The Morgan fingerprint density at radius 2 is 2.08 bits per heavy atom. The van der Waals surface area contributed by atoms with E-state index in [0.717, 1.165) is 18.4 Å². The lowest BCUT2D eigenvalue weighted by Crippen LogP contribution is -1.88. The number of alkyl halides is 1. The van der Waals surface area contributed by atoms with Gasteiger partial charge in [0.25, 0.3) is 0 Å². The molecule has 0 atom stereocenters. The van der Waals surface area contributed by atoms with Crippen molar-refractivity contribution in [2.75, 3.05) is 5.88 Å². The topological polar surface area (TPSA) is 0 Å². The highest BCUT2D eigenvalue weighted by Crippen LogP contribution is 2.18. The molecule has 0 aliphatic heterocycles. The summed E-state index contributed by atoms with van der Waals surface area (Å²) in [6.45, 7) is 0. The van der Waals surface area contributed by atoms with Gasteiger partial charge >= 0.3 is 0 Å². The molecule has 0 aromatic heterocycles. The van der Waals surface area contributed by atoms with Gasteiger partial charge in [-0.05, 0) is 30.5 Å². The summed E-state index contributed by atoms with van der Waals surface area (Å²) in [6.07, 6.45) is 1.68. The Morgan fingerprint density at radius 1 is 1.33 bits per heavy atom. The van der Waals surface area contributed by atoms with E-state index in [1.807, 2.05) is 0 Å². The van der Waals surface area contributed by atoms with E-state index in [-0.39, 0.29) is 5.82 Å². The van der Waals surface area contributed by atoms with Gasteiger partial charge in [0.2, 0.25) is 0 Å². The zero-order valence-corrected chi connectivity index (χ0v) is 8.00. The van der Waals surface area contributed by atoms with Crippen molar-refractivity contribution in [3.63, 3.8) is 0 Å². The van der Waals surface area contributed by atoms with Gasteiger partial charge in [-0.25, -0.2) is 4.39 Å². The van der Waals surface area contributed by atoms with Crippen molar-refractivity contribution in [3.8, 4) is 0 Å². The molecule has 0 aliphatic carbocycles. The molecule has 0 nitrogen and oxygen atoms in total. The van der Waals surface area contributed by atoms with Crippen LogP contribution in [-0.4, -0.2) is 5.88 Å². The summed E-state index contributed by atoms with van der Waals surface area (Å²) in [7, 11) is 0. The SMILES string of the molecule is Fc1ccc(CCCCl)c(Cl)c1. The van der Waals surface area contributed by atoms with Crippen molar-refractivity contribution < 1.29 is 4.39 Å². The average Bonchev–Trinajstić information content (AvgIpc) is 2.03. The van der Waals surface area contributed by atoms with Crippen molar-refractivity contribution in [2.45, 2.75) is 12.8 Å². The minimum absolute atomic E-state index is 0.297. The highest BCUT2D eigenvalue weighted by atomic mass is 35.5. The molecule has 1 rings (SSSR count). The van der Waals surface area contributed by atoms with Crippen LogP contribution >= 0.6 is 23.2 Å². The molecule has 0 N–H and O–H groups in total.